The van der Waals surface area contributed by atoms with Gasteiger partial charge >= 0.3 is 5.51 Å². The summed E-state index contributed by atoms with van der Waals surface area (Å²) in [5.41, 5.74) is -4.08. The average molecular weight is 268 g/mol. The molecule has 2 atom stereocenters. The molecule has 2 saturated heterocycles. The maximum Gasteiger partial charge on any atom is 0.441 e. The highest BCUT2D eigenvalue weighted by Gasteiger charge is 2.35. The first-order chi connectivity index (χ1) is 7.96. The molecule has 2 aliphatic rings. The molecular formula is C11H19F3N2S. The van der Waals surface area contributed by atoms with Gasteiger partial charge in [0.15, 0.2) is 0 Å². The molecule has 0 bridgehead atoms. The summed E-state index contributed by atoms with van der Waals surface area (Å²) in [6.45, 7) is 5.80. The maximum absolute atomic E-state index is 12.1. The van der Waals surface area contributed by atoms with E-state index in [9.17, 15) is 13.2 Å². The van der Waals surface area contributed by atoms with E-state index in [2.05, 4.69) is 16.7 Å². The van der Waals surface area contributed by atoms with Crippen LogP contribution in [0.1, 0.15) is 19.8 Å². The molecule has 2 heterocycles. The summed E-state index contributed by atoms with van der Waals surface area (Å²) in [6.07, 6.45) is 2.44. The van der Waals surface area contributed by atoms with Gasteiger partial charge in [0.25, 0.3) is 0 Å². The topological polar surface area (TPSA) is 6.48 Å². The SMILES string of the molecule is CC1CN2CCCC2CN1CCSC(F)(F)F. The highest BCUT2D eigenvalue weighted by atomic mass is 32.2. The molecule has 100 valence electrons. The Balaban J connectivity index is 1.76. The third kappa shape index (κ3) is 3.76. The molecule has 0 aromatic rings. The van der Waals surface area contributed by atoms with E-state index >= 15 is 0 Å². The van der Waals surface area contributed by atoms with Crippen molar-refractivity contribution < 1.29 is 13.2 Å². The Morgan fingerprint density at radius 3 is 2.76 bits per heavy atom. The van der Waals surface area contributed by atoms with E-state index in [1.165, 1.54) is 19.4 Å². The second kappa shape index (κ2) is 5.36. The molecule has 2 unspecified atom stereocenters. The van der Waals surface area contributed by atoms with Gasteiger partial charge in [-0.2, -0.15) is 13.2 Å². The standard InChI is InChI=1S/C11H19F3N2S/c1-9-7-16-4-2-3-10(16)8-15(9)5-6-17-11(12,13)14/h9-10H,2-8H2,1H3. The summed E-state index contributed by atoms with van der Waals surface area (Å²) in [7, 11) is 0. The molecule has 0 N–H and O–H groups in total. The van der Waals surface area contributed by atoms with Crippen molar-refractivity contribution in [2.45, 2.75) is 37.4 Å². The Labute approximate surface area is 105 Å². The van der Waals surface area contributed by atoms with Gasteiger partial charge in [-0.3, -0.25) is 9.80 Å². The molecule has 2 rings (SSSR count). The van der Waals surface area contributed by atoms with Gasteiger partial charge in [-0.05, 0) is 38.1 Å². The molecule has 0 saturated carbocycles. The lowest BCUT2D eigenvalue weighted by Crippen LogP contribution is -2.55. The Hall–Kier alpha value is 0.0600. The van der Waals surface area contributed by atoms with Crippen LogP contribution in [-0.2, 0) is 0 Å². The van der Waals surface area contributed by atoms with E-state index < -0.39 is 5.51 Å². The van der Waals surface area contributed by atoms with E-state index in [1.807, 2.05) is 0 Å². The number of alkyl halides is 3. The second-order valence-electron chi connectivity index (χ2n) is 4.93. The summed E-state index contributed by atoms with van der Waals surface area (Å²) in [5.74, 6) is 0.153. The molecule has 0 amide bonds. The minimum Gasteiger partial charge on any atom is -0.298 e. The zero-order valence-electron chi connectivity index (χ0n) is 10.0. The van der Waals surface area contributed by atoms with E-state index in [-0.39, 0.29) is 17.5 Å². The highest BCUT2D eigenvalue weighted by molar-refractivity contribution is 8.00. The van der Waals surface area contributed by atoms with Crippen LogP contribution in [0.4, 0.5) is 13.2 Å². The Kier molecular flexibility index (Phi) is 4.26. The molecule has 2 fully saturated rings. The number of rotatable bonds is 3. The zero-order chi connectivity index (χ0) is 12.5. The maximum atomic E-state index is 12.1. The quantitative estimate of drug-likeness (QED) is 0.776. The monoisotopic (exact) mass is 268 g/mol. The molecule has 6 heteroatoms. The summed E-state index contributed by atoms with van der Waals surface area (Å²) in [6, 6.07) is 0.972. The molecule has 0 spiro atoms. The van der Waals surface area contributed by atoms with Crippen molar-refractivity contribution in [2.24, 2.45) is 0 Å². The van der Waals surface area contributed by atoms with Gasteiger partial charge in [0, 0.05) is 37.5 Å². The van der Waals surface area contributed by atoms with Crippen molar-refractivity contribution >= 4 is 11.8 Å². The molecule has 0 aliphatic carbocycles. The number of hydrogen-bond donors (Lipinski definition) is 0. The molecule has 0 aromatic heterocycles. The van der Waals surface area contributed by atoms with Crippen molar-refractivity contribution in [2.75, 3.05) is 31.9 Å². The van der Waals surface area contributed by atoms with Crippen molar-refractivity contribution in [1.82, 2.24) is 9.80 Å². The molecular weight excluding hydrogens is 249 g/mol. The van der Waals surface area contributed by atoms with Crippen molar-refractivity contribution in [3.63, 3.8) is 0 Å². The van der Waals surface area contributed by atoms with Crippen LogP contribution < -0.4 is 0 Å². The first-order valence-electron chi connectivity index (χ1n) is 6.14. The van der Waals surface area contributed by atoms with Crippen LogP contribution in [0.25, 0.3) is 0 Å². The number of hydrogen-bond acceptors (Lipinski definition) is 3. The summed E-state index contributed by atoms with van der Waals surface area (Å²) < 4.78 is 36.2. The van der Waals surface area contributed by atoms with Crippen LogP contribution in [0.15, 0.2) is 0 Å². The minimum atomic E-state index is -4.08. The van der Waals surface area contributed by atoms with Gasteiger partial charge in [-0.25, -0.2) is 0 Å². The lowest BCUT2D eigenvalue weighted by Gasteiger charge is -2.42. The van der Waals surface area contributed by atoms with Gasteiger partial charge in [-0.1, -0.05) is 0 Å². The minimum absolute atomic E-state index is 0.0992. The van der Waals surface area contributed by atoms with E-state index in [0.29, 0.717) is 18.6 Å². The third-order valence-electron chi connectivity index (χ3n) is 3.71. The number of nitrogens with zero attached hydrogens (tertiary/aromatic N) is 2. The Bertz CT molecular complexity index is 260. The number of halogens is 3. The molecule has 0 radical (unpaired) electrons. The van der Waals surface area contributed by atoms with Crippen LogP contribution in [0.3, 0.4) is 0 Å². The number of piperazine rings is 1. The first-order valence-corrected chi connectivity index (χ1v) is 7.13. The predicted octanol–water partition coefficient (Wildman–Crippen LogP) is 2.41. The van der Waals surface area contributed by atoms with E-state index in [1.54, 1.807) is 0 Å². The first kappa shape index (κ1) is 13.5. The van der Waals surface area contributed by atoms with Gasteiger partial charge < -0.3 is 0 Å². The highest BCUT2D eigenvalue weighted by Crippen LogP contribution is 2.31. The van der Waals surface area contributed by atoms with Crippen LogP contribution in [0.2, 0.25) is 0 Å². The number of fused-ring (bicyclic) bond motifs is 1. The molecule has 2 nitrogen and oxygen atoms in total. The second-order valence-corrected chi connectivity index (χ2v) is 6.09. The van der Waals surface area contributed by atoms with Gasteiger partial charge in [0.05, 0.1) is 0 Å². The van der Waals surface area contributed by atoms with Crippen LogP contribution >= 0.6 is 11.8 Å². The van der Waals surface area contributed by atoms with E-state index in [4.69, 9.17) is 0 Å². The Morgan fingerprint density at radius 1 is 1.29 bits per heavy atom. The van der Waals surface area contributed by atoms with Gasteiger partial charge in [0.2, 0.25) is 0 Å². The average Bonchev–Trinajstić information content (AvgIpc) is 2.63. The fourth-order valence-corrected chi connectivity index (χ4v) is 3.40. The smallest absolute Gasteiger partial charge is 0.298 e. The summed E-state index contributed by atoms with van der Waals surface area (Å²) >= 11 is 0.0992. The lowest BCUT2D eigenvalue weighted by molar-refractivity contribution is -0.0330. The fraction of sp³-hybridized carbons (Fsp3) is 1.00. The summed E-state index contributed by atoms with van der Waals surface area (Å²) in [4.78, 5) is 4.70. The van der Waals surface area contributed by atoms with E-state index in [0.717, 1.165) is 13.1 Å². The predicted molar refractivity (Wildman–Crippen MR) is 64.1 cm³/mol. The van der Waals surface area contributed by atoms with Gasteiger partial charge in [-0.15, -0.1) is 0 Å². The molecule has 0 aromatic carbocycles. The van der Waals surface area contributed by atoms with Crippen LogP contribution in [0, 0.1) is 0 Å². The number of thioether (sulfide) groups is 1. The van der Waals surface area contributed by atoms with Crippen LogP contribution in [-0.4, -0.2) is 59.3 Å². The van der Waals surface area contributed by atoms with Crippen molar-refractivity contribution in [3.8, 4) is 0 Å². The van der Waals surface area contributed by atoms with Crippen LogP contribution in [0.5, 0.6) is 0 Å². The largest absolute Gasteiger partial charge is 0.441 e. The van der Waals surface area contributed by atoms with Crippen molar-refractivity contribution in [3.05, 3.63) is 0 Å². The zero-order valence-corrected chi connectivity index (χ0v) is 10.9. The molecule has 2 aliphatic heterocycles. The Morgan fingerprint density at radius 2 is 2.06 bits per heavy atom. The van der Waals surface area contributed by atoms with Gasteiger partial charge in [0.1, 0.15) is 0 Å². The normalized spacial score (nSPS) is 31.8. The fourth-order valence-electron chi connectivity index (χ4n) is 2.84. The summed E-state index contributed by atoms with van der Waals surface area (Å²) in [5, 5.41) is 0. The lowest BCUT2D eigenvalue weighted by atomic mass is 10.1. The van der Waals surface area contributed by atoms with Crippen molar-refractivity contribution in [1.29, 1.82) is 0 Å². The molecule has 17 heavy (non-hydrogen) atoms. The third-order valence-corrected chi connectivity index (χ3v) is 4.42.